The second-order valence-corrected chi connectivity index (χ2v) is 3.94. The lowest BCUT2D eigenvalue weighted by atomic mass is 10.1. The van der Waals surface area contributed by atoms with E-state index in [-0.39, 0.29) is 23.3 Å². The second-order valence-electron chi connectivity index (χ2n) is 3.94. The molecule has 0 amide bonds. The van der Waals surface area contributed by atoms with Gasteiger partial charge in [0.05, 0.1) is 5.56 Å². The third kappa shape index (κ3) is 2.08. The number of nitrogens with zero attached hydrogens (tertiary/aromatic N) is 2. The van der Waals surface area contributed by atoms with Crippen LogP contribution in [-0.2, 0) is 0 Å². The van der Waals surface area contributed by atoms with Crippen LogP contribution in [0.1, 0.15) is 32.0 Å². The van der Waals surface area contributed by atoms with Gasteiger partial charge in [0, 0.05) is 5.92 Å². The first kappa shape index (κ1) is 11.4. The lowest BCUT2D eigenvalue weighted by Crippen LogP contribution is -1.93. The standard InChI is InChI=1S/C12H14N2O3/c1-3-7(2)11-13-12(17-14-11)8-5-4-6-9(15)10(8)16/h4-7,15-16H,3H2,1-2H3. The summed E-state index contributed by atoms with van der Waals surface area (Å²) in [6.07, 6.45) is 0.908. The number of aromatic hydroxyl groups is 2. The SMILES string of the molecule is CCC(C)c1noc(-c2cccc(O)c2O)n1. The molecule has 2 rings (SSSR count). The Bertz CT molecular complexity index is 522. The van der Waals surface area contributed by atoms with Crippen molar-refractivity contribution in [3.63, 3.8) is 0 Å². The monoisotopic (exact) mass is 234 g/mol. The number of hydrogen-bond acceptors (Lipinski definition) is 5. The summed E-state index contributed by atoms with van der Waals surface area (Å²) in [6, 6.07) is 4.62. The Balaban J connectivity index is 2.40. The van der Waals surface area contributed by atoms with Gasteiger partial charge in [0.2, 0.25) is 0 Å². The first-order valence-electron chi connectivity index (χ1n) is 5.48. The minimum absolute atomic E-state index is 0.201. The van der Waals surface area contributed by atoms with Gasteiger partial charge in [0.15, 0.2) is 17.3 Å². The quantitative estimate of drug-likeness (QED) is 0.798. The van der Waals surface area contributed by atoms with Gasteiger partial charge < -0.3 is 14.7 Å². The summed E-state index contributed by atoms with van der Waals surface area (Å²) in [7, 11) is 0. The van der Waals surface area contributed by atoms with Crippen LogP contribution in [0.15, 0.2) is 22.7 Å². The maximum absolute atomic E-state index is 9.68. The second kappa shape index (κ2) is 4.45. The maximum Gasteiger partial charge on any atom is 0.261 e. The minimum Gasteiger partial charge on any atom is -0.504 e. The highest BCUT2D eigenvalue weighted by molar-refractivity contribution is 5.66. The number of phenols is 2. The molecule has 0 bridgehead atoms. The van der Waals surface area contributed by atoms with E-state index in [1.165, 1.54) is 6.07 Å². The molecule has 1 aromatic heterocycles. The van der Waals surface area contributed by atoms with Crippen LogP contribution in [0.2, 0.25) is 0 Å². The number of para-hydroxylation sites is 1. The molecule has 1 unspecified atom stereocenters. The summed E-state index contributed by atoms with van der Waals surface area (Å²) in [5.41, 5.74) is 0.340. The zero-order valence-corrected chi connectivity index (χ0v) is 9.71. The van der Waals surface area contributed by atoms with Crippen molar-refractivity contribution in [2.45, 2.75) is 26.2 Å². The third-order valence-electron chi connectivity index (χ3n) is 2.74. The van der Waals surface area contributed by atoms with Gasteiger partial charge in [-0.15, -0.1) is 0 Å². The molecule has 0 saturated heterocycles. The molecule has 1 heterocycles. The highest BCUT2D eigenvalue weighted by atomic mass is 16.5. The molecular weight excluding hydrogens is 220 g/mol. The normalized spacial score (nSPS) is 12.6. The summed E-state index contributed by atoms with van der Waals surface area (Å²) in [4.78, 5) is 4.20. The molecule has 17 heavy (non-hydrogen) atoms. The Hall–Kier alpha value is -2.04. The van der Waals surface area contributed by atoms with Crippen LogP contribution in [0.4, 0.5) is 0 Å². The van der Waals surface area contributed by atoms with Crippen LogP contribution < -0.4 is 0 Å². The summed E-state index contributed by atoms with van der Waals surface area (Å²) in [6.45, 7) is 4.03. The van der Waals surface area contributed by atoms with Crippen molar-refractivity contribution in [3.8, 4) is 23.0 Å². The van der Waals surface area contributed by atoms with E-state index < -0.39 is 0 Å². The third-order valence-corrected chi connectivity index (χ3v) is 2.74. The zero-order valence-electron chi connectivity index (χ0n) is 9.71. The molecule has 0 aliphatic heterocycles. The number of hydrogen-bond donors (Lipinski definition) is 2. The molecule has 0 spiro atoms. The van der Waals surface area contributed by atoms with Crippen molar-refractivity contribution < 1.29 is 14.7 Å². The number of aromatic nitrogens is 2. The molecule has 2 N–H and O–H groups in total. The van der Waals surface area contributed by atoms with E-state index in [1.54, 1.807) is 12.1 Å². The van der Waals surface area contributed by atoms with Crippen molar-refractivity contribution in [1.82, 2.24) is 10.1 Å². The minimum atomic E-state index is -0.244. The fourth-order valence-electron chi connectivity index (χ4n) is 1.43. The predicted octanol–water partition coefficient (Wildman–Crippen LogP) is 2.66. The number of benzene rings is 1. The Labute approximate surface area is 98.7 Å². The van der Waals surface area contributed by atoms with Crippen molar-refractivity contribution in [1.29, 1.82) is 0 Å². The Morgan fingerprint density at radius 3 is 2.82 bits per heavy atom. The molecule has 1 aromatic carbocycles. The van der Waals surface area contributed by atoms with E-state index in [9.17, 15) is 10.2 Å². The Morgan fingerprint density at radius 2 is 2.12 bits per heavy atom. The summed E-state index contributed by atoms with van der Waals surface area (Å²) in [5, 5.41) is 22.9. The zero-order chi connectivity index (χ0) is 12.4. The smallest absolute Gasteiger partial charge is 0.261 e. The van der Waals surface area contributed by atoms with Crippen LogP contribution >= 0.6 is 0 Å². The largest absolute Gasteiger partial charge is 0.504 e. The molecular formula is C12H14N2O3. The van der Waals surface area contributed by atoms with Gasteiger partial charge in [-0.2, -0.15) is 4.98 Å². The fourth-order valence-corrected chi connectivity index (χ4v) is 1.43. The molecule has 0 aliphatic carbocycles. The predicted molar refractivity (Wildman–Crippen MR) is 61.8 cm³/mol. The first-order valence-corrected chi connectivity index (χ1v) is 5.48. The van der Waals surface area contributed by atoms with E-state index in [0.717, 1.165) is 6.42 Å². The molecule has 0 aliphatic rings. The molecule has 1 atom stereocenters. The van der Waals surface area contributed by atoms with Gasteiger partial charge in [-0.1, -0.05) is 25.1 Å². The van der Waals surface area contributed by atoms with E-state index in [2.05, 4.69) is 10.1 Å². The van der Waals surface area contributed by atoms with Crippen molar-refractivity contribution in [3.05, 3.63) is 24.0 Å². The molecule has 90 valence electrons. The average Bonchev–Trinajstić information content (AvgIpc) is 2.81. The summed E-state index contributed by atoms with van der Waals surface area (Å²) >= 11 is 0. The average molecular weight is 234 g/mol. The number of rotatable bonds is 3. The van der Waals surface area contributed by atoms with Gasteiger partial charge in [0.1, 0.15) is 0 Å². The lowest BCUT2D eigenvalue weighted by Gasteiger charge is -2.01. The lowest BCUT2D eigenvalue weighted by molar-refractivity contribution is 0.395. The molecule has 5 heteroatoms. The van der Waals surface area contributed by atoms with Gasteiger partial charge in [-0.05, 0) is 18.6 Å². The topological polar surface area (TPSA) is 79.4 Å². The highest BCUT2D eigenvalue weighted by Gasteiger charge is 2.17. The van der Waals surface area contributed by atoms with Gasteiger partial charge in [-0.25, -0.2) is 0 Å². The van der Waals surface area contributed by atoms with Crippen molar-refractivity contribution >= 4 is 0 Å². The van der Waals surface area contributed by atoms with Gasteiger partial charge in [-0.3, -0.25) is 0 Å². The molecule has 5 nitrogen and oxygen atoms in total. The summed E-state index contributed by atoms with van der Waals surface area (Å²) in [5.74, 6) is 0.573. The molecule has 2 aromatic rings. The van der Waals surface area contributed by atoms with E-state index in [4.69, 9.17) is 4.52 Å². The van der Waals surface area contributed by atoms with Crippen LogP contribution in [0.5, 0.6) is 11.5 Å². The van der Waals surface area contributed by atoms with Crippen molar-refractivity contribution in [2.75, 3.05) is 0 Å². The Morgan fingerprint density at radius 1 is 1.35 bits per heavy atom. The maximum atomic E-state index is 9.68. The van der Waals surface area contributed by atoms with E-state index >= 15 is 0 Å². The van der Waals surface area contributed by atoms with E-state index in [1.807, 2.05) is 13.8 Å². The van der Waals surface area contributed by atoms with Crippen LogP contribution in [-0.4, -0.2) is 20.4 Å². The molecule has 0 fully saturated rings. The molecule has 0 radical (unpaired) electrons. The Kier molecular flexibility index (Phi) is 2.99. The highest BCUT2D eigenvalue weighted by Crippen LogP contribution is 2.35. The van der Waals surface area contributed by atoms with Crippen molar-refractivity contribution in [2.24, 2.45) is 0 Å². The van der Waals surface area contributed by atoms with Gasteiger partial charge >= 0.3 is 0 Å². The van der Waals surface area contributed by atoms with E-state index in [0.29, 0.717) is 11.4 Å². The molecule has 0 saturated carbocycles. The van der Waals surface area contributed by atoms with Crippen LogP contribution in [0.25, 0.3) is 11.5 Å². The fraction of sp³-hybridized carbons (Fsp3) is 0.333. The number of phenolic OH excluding ortho intramolecular Hbond substituents is 2. The van der Waals surface area contributed by atoms with Crippen LogP contribution in [0, 0.1) is 0 Å². The first-order chi connectivity index (χ1) is 8.13. The van der Waals surface area contributed by atoms with Gasteiger partial charge in [0.25, 0.3) is 5.89 Å². The van der Waals surface area contributed by atoms with Crippen LogP contribution in [0.3, 0.4) is 0 Å². The summed E-state index contributed by atoms with van der Waals surface area (Å²) < 4.78 is 5.08.